The number of thiophene rings is 1. The smallest absolute Gasteiger partial charge is 0.350 e. The summed E-state index contributed by atoms with van der Waals surface area (Å²) in [6.45, 7) is 4.40. The summed E-state index contributed by atoms with van der Waals surface area (Å²) in [6.07, 6.45) is 1.12. The van der Waals surface area contributed by atoms with Crippen LogP contribution < -0.4 is 5.73 Å². The van der Waals surface area contributed by atoms with Crippen molar-refractivity contribution in [2.45, 2.75) is 26.2 Å². The molecule has 0 fully saturated rings. The minimum absolute atomic E-state index is 0.380. The highest BCUT2D eigenvalue weighted by Crippen LogP contribution is 2.34. The Bertz CT molecular complexity index is 601. The molecule has 0 bridgehead atoms. The zero-order chi connectivity index (χ0) is 14.7. The molecule has 1 aromatic carbocycles. The average Bonchev–Trinajstić information content (AvgIpc) is 2.87. The number of ether oxygens (including phenoxy) is 1. The summed E-state index contributed by atoms with van der Waals surface area (Å²) in [6, 6.07) is 10.3. The molecule has 0 saturated carbocycles. The molecule has 3 nitrogen and oxygen atoms in total. The number of methoxy groups -OCH3 is 1. The summed E-state index contributed by atoms with van der Waals surface area (Å²) in [4.78, 5) is 13.0. The molecule has 2 rings (SSSR count). The lowest BCUT2D eigenvalue weighted by Crippen LogP contribution is -2.00. The Hall–Kier alpha value is -1.81. The fourth-order valence-electron chi connectivity index (χ4n) is 2.01. The maximum Gasteiger partial charge on any atom is 0.350 e. The van der Waals surface area contributed by atoms with E-state index in [2.05, 4.69) is 38.1 Å². The van der Waals surface area contributed by atoms with E-state index in [-0.39, 0.29) is 5.97 Å². The van der Waals surface area contributed by atoms with Gasteiger partial charge in [0.1, 0.15) is 4.88 Å². The molecular weight excluding hydrogens is 270 g/mol. The number of esters is 1. The van der Waals surface area contributed by atoms with Crippen LogP contribution >= 0.6 is 11.3 Å². The van der Waals surface area contributed by atoms with Crippen molar-refractivity contribution in [3.8, 4) is 10.4 Å². The van der Waals surface area contributed by atoms with E-state index in [4.69, 9.17) is 10.5 Å². The predicted octanol–water partition coefficient (Wildman–Crippen LogP) is 4.30. The van der Waals surface area contributed by atoms with E-state index in [0.29, 0.717) is 16.5 Å². The summed E-state index contributed by atoms with van der Waals surface area (Å²) in [5.41, 5.74) is 8.74. The molecule has 0 radical (unpaired) electrons. The Morgan fingerprint density at radius 2 is 2.00 bits per heavy atom. The number of rotatable bonds is 4. The number of hydrogen-bond donors (Lipinski definition) is 1. The van der Waals surface area contributed by atoms with Crippen LogP contribution in [0.3, 0.4) is 0 Å². The molecule has 4 heteroatoms. The monoisotopic (exact) mass is 289 g/mol. The molecule has 0 aliphatic heterocycles. The minimum Gasteiger partial charge on any atom is -0.465 e. The maximum atomic E-state index is 11.6. The molecule has 1 unspecified atom stereocenters. The van der Waals surface area contributed by atoms with Crippen LogP contribution in [0.2, 0.25) is 0 Å². The highest BCUT2D eigenvalue weighted by Gasteiger charge is 2.15. The van der Waals surface area contributed by atoms with E-state index in [9.17, 15) is 4.79 Å². The van der Waals surface area contributed by atoms with Crippen molar-refractivity contribution in [3.05, 3.63) is 40.8 Å². The highest BCUT2D eigenvalue weighted by molar-refractivity contribution is 7.18. The highest BCUT2D eigenvalue weighted by atomic mass is 32.1. The van der Waals surface area contributed by atoms with Crippen molar-refractivity contribution in [1.29, 1.82) is 0 Å². The number of anilines is 1. The number of benzene rings is 1. The number of carbonyl (C=O) groups excluding carboxylic acids is 1. The maximum absolute atomic E-state index is 11.6. The molecule has 0 saturated heterocycles. The van der Waals surface area contributed by atoms with E-state index in [1.54, 1.807) is 0 Å². The molecule has 0 amide bonds. The summed E-state index contributed by atoms with van der Waals surface area (Å²) in [5, 5.41) is 0. The third-order valence-corrected chi connectivity index (χ3v) is 4.69. The van der Waals surface area contributed by atoms with Crippen LogP contribution in [0, 0.1) is 0 Å². The molecule has 0 aliphatic carbocycles. The van der Waals surface area contributed by atoms with Gasteiger partial charge >= 0.3 is 5.97 Å². The first kappa shape index (κ1) is 14.6. The Morgan fingerprint density at radius 3 is 2.55 bits per heavy atom. The lowest BCUT2D eigenvalue weighted by Gasteiger charge is -2.09. The van der Waals surface area contributed by atoms with Gasteiger partial charge in [-0.25, -0.2) is 4.79 Å². The van der Waals surface area contributed by atoms with Crippen molar-refractivity contribution in [1.82, 2.24) is 0 Å². The van der Waals surface area contributed by atoms with Crippen molar-refractivity contribution < 1.29 is 9.53 Å². The molecule has 20 heavy (non-hydrogen) atoms. The molecule has 1 atom stereocenters. The van der Waals surface area contributed by atoms with Gasteiger partial charge in [0.25, 0.3) is 0 Å². The SMILES string of the molecule is CCC(C)c1ccc(-c2cc(N)c(C(=O)OC)s2)cc1. The first-order valence-electron chi connectivity index (χ1n) is 6.64. The Kier molecular flexibility index (Phi) is 4.45. The van der Waals surface area contributed by atoms with Gasteiger partial charge in [-0.3, -0.25) is 0 Å². The van der Waals surface area contributed by atoms with Crippen molar-refractivity contribution in [3.63, 3.8) is 0 Å². The van der Waals surface area contributed by atoms with Crippen LogP contribution in [-0.4, -0.2) is 13.1 Å². The van der Waals surface area contributed by atoms with Gasteiger partial charge in [-0.1, -0.05) is 38.1 Å². The van der Waals surface area contributed by atoms with Gasteiger partial charge in [-0.05, 0) is 29.5 Å². The topological polar surface area (TPSA) is 52.3 Å². The quantitative estimate of drug-likeness (QED) is 0.854. The number of carbonyl (C=O) groups is 1. The number of nitrogens with two attached hydrogens (primary N) is 1. The van der Waals surface area contributed by atoms with Crippen molar-refractivity contribution >= 4 is 23.0 Å². The second-order valence-electron chi connectivity index (χ2n) is 4.82. The lowest BCUT2D eigenvalue weighted by molar-refractivity contribution is 0.0607. The zero-order valence-corrected chi connectivity index (χ0v) is 12.8. The molecule has 106 valence electrons. The summed E-state index contributed by atoms with van der Waals surface area (Å²) in [7, 11) is 1.36. The molecule has 0 spiro atoms. The normalized spacial score (nSPS) is 12.2. The largest absolute Gasteiger partial charge is 0.465 e. The van der Waals surface area contributed by atoms with E-state index in [0.717, 1.165) is 16.9 Å². The Morgan fingerprint density at radius 1 is 1.35 bits per heavy atom. The summed E-state index contributed by atoms with van der Waals surface area (Å²) in [5.74, 6) is 0.179. The molecular formula is C16H19NO2S. The lowest BCUT2D eigenvalue weighted by atomic mass is 9.97. The van der Waals surface area contributed by atoms with Gasteiger partial charge in [0.15, 0.2) is 0 Å². The number of hydrogen-bond acceptors (Lipinski definition) is 4. The molecule has 2 N–H and O–H groups in total. The standard InChI is InChI=1S/C16H19NO2S/c1-4-10(2)11-5-7-12(8-6-11)14-9-13(17)15(20-14)16(18)19-3/h5-10H,4,17H2,1-3H3. The molecule has 0 aliphatic rings. The van der Waals surface area contributed by atoms with Crippen molar-refractivity contribution in [2.75, 3.05) is 12.8 Å². The van der Waals surface area contributed by atoms with Gasteiger partial charge < -0.3 is 10.5 Å². The second kappa shape index (κ2) is 6.09. The van der Waals surface area contributed by atoms with Gasteiger partial charge in [0, 0.05) is 4.88 Å². The van der Waals surface area contributed by atoms with Crippen LogP contribution in [0.1, 0.15) is 41.4 Å². The van der Waals surface area contributed by atoms with Crippen LogP contribution in [0.15, 0.2) is 30.3 Å². The van der Waals surface area contributed by atoms with Crippen LogP contribution in [-0.2, 0) is 4.74 Å². The first-order chi connectivity index (χ1) is 9.56. The van der Waals surface area contributed by atoms with Gasteiger partial charge in [-0.15, -0.1) is 11.3 Å². The van der Waals surface area contributed by atoms with Gasteiger partial charge in [-0.2, -0.15) is 0 Å². The Labute approximate surface area is 123 Å². The molecule has 1 aromatic heterocycles. The van der Waals surface area contributed by atoms with E-state index >= 15 is 0 Å². The third kappa shape index (κ3) is 2.85. The van der Waals surface area contributed by atoms with Gasteiger partial charge in [0.05, 0.1) is 12.8 Å². The summed E-state index contributed by atoms with van der Waals surface area (Å²) < 4.78 is 4.72. The molecule has 2 aromatic rings. The first-order valence-corrected chi connectivity index (χ1v) is 7.46. The number of nitrogen functional groups attached to an aromatic ring is 1. The fraction of sp³-hybridized carbons (Fsp3) is 0.312. The van der Waals surface area contributed by atoms with Gasteiger partial charge in [0.2, 0.25) is 0 Å². The third-order valence-electron chi connectivity index (χ3n) is 3.51. The van der Waals surface area contributed by atoms with E-state index in [1.807, 2.05) is 6.07 Å². The average molecular weight is 289 g/mol. The summed E-state index contributed by atoms with van der Waals surface area (Å²) >= 11 is 1.37. The van der Waals surface area contributed by atoms with Crippen LogP contribution in [0.5, 0.6) is 0 Å². The fourth-order valence-corrected chi connectivity index (χ4v) is 3.01. The zero-order valence-electron chi connectivity index (χ0n) is 12.0. The van der Waals surface area contributed by atoms with E-state index in [1.165, 1.54) is 24.0 Å². The second-order valence-corrected chi connectivity index (χ2v) is 5.87. The van der Waals surface area contributed by atoms with Crippen LogP contribution in [0.25, 0.3) is 10.4 Å². The van der Waals surface area contributed by atoms with Crippen molar-refractivity contribution in [2.24, 2.45) is 0 Å². The molecule has 1 heterocycles. The minimum atomic E-state index is -0.380. The Balaban J connectivity index is 2.30. The van der Waals surface area contributed by atoms with Crippen LogP contribution in [0.4, 0.5) is 5.69 Å². The van der Waals surface area contributed by atoms with E-state index < -0.39 is 0 Å². The predicted molar refractivity (Wildman–Crippen MR) is 84.2 cm³/mol.